The van der Waals surface area contributed by atoms with Gasteiger partial charge in [0.05, 0.1) is 6.67 Å². The topological polar surface area (TPSA) is 60.9 Å². The molecule has 2 aromatic rings. The van der Waals surface area contributed by atoms with Crippen molar-refractivity contribution < 1.29 is 14.7 Å². The monoisotopic (exact) mass is 350 g/mol. The minimum atomic E-state index is -0.955. The molecule has 0 aliphatic carbocycles. The van der Waals surface area contributed by atoms with Gasteiger partial charge in [-0.15, -0.1) is 0 Å². The summed E-state index contributed by atoms with van der Waals surface area (Å²) in [6, 6.07) is 15.7. The SMILES string of the molecule is Cc1ccccc1N1CN(Cc2ccc(/C=C/C(=O)O)cc2)CCC1=O. The lowest BCUT2D eigenvalue weighted by Crippen LogP contribution is -2.48. The lowest BCUT2D eigenvalue weighted by atomic mass is 10.1. The minimum Gasteiger partial charge on any atom is -0.478 e. The quantitative estimate of drug-likeness (QED) is 0.841. The lowest BCUT2D eigenvalue weighted by molar-refractivity contribution is -0.131. The first-order valence-electron chi connectivity index (χ1n) is 8.61. The number of para-hydroxylation sites is 1. The Labute approximate surface area is 153 Å². The third-order valence-corrected chi connectivity index (χ3v) is 4.49. The van der Waals surface area contributed by atoms with Gasteiger partial charge in [-0.2, -0.15) is 0 Å². The maximum Gasteiger partial charge on any atom is 0.328 e. The highest BCUT2D eigenvalue weighted by atomic mass is 16.4. The van der Waals surface area contributed by atoms with Crippen LogP contribution in [-0.4, -0.2) is 35.1 Å². The number of rotatable bonds is 5. The predicted octanol–water partition coefficient (Wildman–Crippen LogP) is 3.29. The smallest absolute Gasteiger partial charge is 0.328 e. The summed E-state index contributed by atoms with van der Waals surface area (Å²) < 4.78 is 0. The van der Waals surface area contributed by atoms with E-state index in [1.165, 1.54) is 0 Å². The third kappa shape index (κ3) is 4.37. The van der Waals surface area contributed by atoms with E-state index in [4.69, 9.17) is 5.11 Å². The van der Waals surface area contributed by atoms with E-state index in [9.17, 15) is 9.59 Å². The molecule has 134 valence electrons. The molecule has 0 unspecified atom stereocenters. The number of hydrogen-bond donors (Lipinski definition) is 1. The van der Waals surface area contributed by atoms with Gasteiger partial charge in [-0.1, -0.05) is 42.5 Å². The Morgan fingerprint density at radius 2 is 1.88 bits per heavy atom. The summed E-state index contributed by atoms with van der Waals surface area (Å²) in [6.07, 6.45) is 3.21. The average Bonchev–Trinajstić information content (AvgIpc) is 2.63. The maximum atomic E-state index is 12.4. The van der Waals surface area contributed by atoms with E-state index in [1.807, 2.05) is 60.4 Å². The van der Waals surface area contributed by atoms with Crippen LogP contribution in [-0.2, 0) is 16.1 Å². The van der Waals surface area contributed by atoms with Crippen molar-refractivity contribution in [2.24, 2.45) is 0 Å². The standard InChI is InChI=1S/C21H22N2O3/c1-16-4-2-3-5-19(16)23-15-22(13-12-20(23)24)14-18-8-6-17(7-9-18)10-11-21(25)26/h2-11H,12-15H2,1H3,(H,25,26)/b11-10+. The summed E-state index contributed by atoms with van der Waals surface area (Å²) in [5.41, 5.74) is 4.05. The number of amides is 1. The summed E-state index contributed by atoms with van der Waals surface area (Å²) in [6.45, 7) is 4.08. The molecule has 1 amide bonds. The van der Waals surface area contributed by atoms with Crippen molar-refractivity contribution in [2.45, 2.75) is 19.9 Å². The number of nitrogens with zero attached hydrogens (tertiary/aromatic N) is 2. The van der Waals surface area contributed by atoms with Gasteiger partial charge in [-0.05, 0) is 35.8 Å². The fourth-order valence-electron chi connectivity index (χ4n) is 3.10. The van der Waals surface area contributed by atoms with Crippen molar-refractivity contribution in [1.29, 1.82) is 0 Å². The van der Waals surface area contributed by atoms with Gasteiger partial charge in [-0.3, -0.25) is 14.6 Å². The second-order valence-corrected chi connectivity index (χ2v) is 6.47. The molecule has 3 rings (SSSR count). The van der Waals surface area contributed by atoms with Crippen LogP contribution in [0.4, 0.5) is 5.69 Å². The Balaban J connectivity index is 1.68. The molecule has 0 bridgehead atoms. The summed E-state index contributed by atoms with van der Waals surface area (Å²) in [7, 11) is 0. The van der Waals surface area contributed by atoms with Crippen LogP contribution in [0.2, 0.25) is 0 Å². The summed E-state index contributed by atoms with van der Waals surface area (Å²) in [4.78, 5) is 27.0. The van der Waals surface area contributed by atoms with Gasteiger partial charge < -0.3 is 5.11 Å². The Hall–Kier alpha value is -2.92. The van der Waals surface area contributed by atoms with Crippen molar-refractivity contribution in [3.05, 3.63) is 71.3 Å². The molecule has 0 atom stereocenters. The van der Waals surface area contributed by atoms with Crippen molar-refractivity contribution in [3.8, 4) is 0 Å². The molecule has 5 nitrogen and oxygen atoms in total. The van der Waals surface area contributed by atoms with Gasteiger partial charge in [-0.25, -0.2) is 4.79 Å². The molecular formula is C21H22N2O3. The van der Waals surface area contributed by atoms with E-state index in [0.717, 1.165) is 41.5 Å². The molecule has 0 saturated carbocycles. The summed E-state index contributed by atoms with van der Waals surface area (Å²) in [5.74, 6) is -0.798. The number of carboxylic acid groups (broad SMARTS) is 1. The first-order valence-corrected chi connectivity index (χ1v) is 8.61. The van der Waals surface area contributed by atoms with Crippen LogP contribution in [0.5, 0.6) is 0 Å². The maximum absolute atomic E-state index is 12.4. The number of hydrogen-bond acceptors (Lipinski definition) is 3. The van der Waals surface area contributed by atoms with E-state index in [1.54, 1.807) is 6.08 Å². The molecule has 1 fully saturated rings. The molecule has 0 spiro atoms. The van der Waals surface area contributed by atoms with Gasteiger partial charge in [0.1, 0.15) is 0 Å². The molecule has 1 saturated heterocycles. The molecule has 1 aliphatic rings. The normalized spacial score (nSPS) is 15.6. The van der Waals surface area contributed by atoms with Crippen LogP contribution in [0, 0.1) is 6.92 Å². The Morgan fingerprint density at radius 1 is 1.15 bits per heavy atom. The second kappa shape index (κ2) is 7.97. The summed E-state index contributed by atoms with van der Waals surface area (Å²) in [5, 5.41) is 8.68. The third-order valence-electron chi connectivity index (χ3n) is 4.49. The lowest BCUT2D eigenvalue weighted by Gasteiger charge is -2.36. The largest absolute Gasteiger partial charge is 0.478 e. The Bertz CT molecular complexity index is 827. The fraction of sp³-hybridized carbons (Fsp3) is 0.238. The first kappa shape index (κ1) is 17.9. The first-order chi connectivity index (χ1) is 12.5. The van der Waals surface area contributed by atoms with Crippen molar-refractivity contribution in [3.63, 3.8) is 0 Å². The zero-order chi connectivity index (χ0) is 18.5. The fourth-order valence-corrected chi connectivity index (χ4v) is 3.10. The molecule has 1 heterocycles. The van der Waals surface area contributed by atoms with Crippen LogP contribution in [0.3, 0.4) is 0 Å². The number of benzene rings is 2. The molecule has 1 N–H and O–H groups in total. The van der Waals surface area contributed by atoms with Crippen LogP contribution < -0.4 is 4.90 Å². The molecule has 0 aromatic heterocycles. The van der Waals surface area contributed by atoms with Gasteiger partial charge in [0, 0.05) is 31.3 Å². The zero-order valence-electron chi connectivity index (χ0n) is 14.8. The number of aryl methyl sites for hydroxylation is 1. The van der Waals surface area contributed by atoms with E-state index in [2.05, 4.69) is 4.90 Å². The molecule has 0 radical (unpaired) electrons. The van der Waals surface area contributed by atoms with Crippen molar-refractivity contribution >= 4 is 23.6 Å². The highest BCUT2D eigenvalue weighted by molar-refractivity contribution is 5.94. The van der Waals surface area contributed by atoms with Crippen molar-refractivity contribution in [1.82, 2.24) is 4.90 Å². The Morgan fingerprint density at radius 3 is 2.58 bits per heavy atom. The molecule has 1 aliphatic heterocycles. The zero-order valence-corrected chi connectivity index (χ0v) is 14.8. The van der Waals surface area contributed by atoms with E-state index in [-0.39, 0.29) is 5.91 Å². The molecule has 5 heteroatoms. The van der Waals surface area contributed by atoms with Crippen LogP contribution in [0.1, 0.15) is 23.1 Å². The summed E-state index contributed by atoms with van der Waals surface area (Å²) >= 11 is 0. The van der Waals surface area contributed by atoms with Gasteiger partial charge >= 0.3 is 5.97 Å². The van der Waals surface area contributed by atoms with Gasteiger partial charge in [0.2, 0.25) is 5.91 Å². The number of carbonyl (C=O) groups is 2. The molecule has 2 aromatic carbocycles. The number of carbonyl (C=O) groups excluding carboxylic acids is 1. The van der Waals surface area contributed by atoms with Crippen LogP contribution >= 0.6 is 0 Å². The van der Waals surface area contributed by atoms with Gasteiger partial charge in [0.15, 0.2) is 0 Å². The second-order valence-electron chi connectivity index (χ2n) is 6.47. The highest BCUT2D eigenvalue weighted by Gasteiger charge is 2.25. The number of anilines is 1. The number of aliphatic carboxylic acids is 1. The van der Waals surface area contributed by atoms with E-state index >= 15 is 0 Å². The molecular weight excluding hydrogens is 328 g/mol. The average molecular weight is 350 g/mol. The Kier molecular flexibility index (Phi) is 5.49. The van der Waals surface area contributed by atoms with E-state index < -0.39 is 5.97 Å². The van der Waals surface area contributed by atoms with Gasteiger partial charge in [0.25, 0.3) is 0 Å². The number of carboxylic acids is 1. The van der Waals surface area contributed by atoms with Crippen LogP contribution in [0.25, 0.3) is 6.08 Å². The van der Waals surface area contributed by atoms with Crippen LogP contribution in [0.15, 0.2) is 54.6 Å². The molecule has 26 heavy (non-hydrogen) atoms. The predicted molar refractivity (Wildman–Crippen MR) is 102 cm³/mol. The highest BCUT2D eigenvalue weighted by Crippen LogP contribution is 2.24. The minimum absolute atomic E-state index is 0.157. The van der Waals surface area contributed by atoms with E-state index in [0.29, 0.717) is 13.1 Å². The van der Waals surface area contributed by atoms with Crippen molar-refractivity contribution in [2.75, 3.05) is 18.1 Å².